The minimum Gasteiger partial charge on any atom is -0.497 e. The summed E-state index contributed by atoms with van der Waals surface area (Å²) in [7, 11) is 3.05. The molecule has 2 aromatic carbocycles. The zero-order valence-electron chi connectivity index (χ0n) is 18.0. The molecule has 0 fully saturated rings. The van der Waals surface area contributed by atoms with Gasteiger partial charge in [-0.3, -0.25) is 9.59 Å². The van der Waals surface area contributed by atoms with E-state index < -0.39 is 11.5 Å². The molecular weight excluding hydrogens is 410 g/mol. The summed E-state index contributed by atoms with van der Waals surface area (Å²) in [5.74, 6) is 0.469. The number of rotatable bonds is 6. The number of hydrazone groups is 1. The van der Waals surface area contributed by atoms with Crippen LogP contribution in [0.4, 0.5) is 0 Å². The van der Waals surface area contributed by atoms with E-state index in [1.54, 1.807) is 36.4 Å². The summed E-state index contributed by atoms with van der Waals surface area (Å²) in [6, 6.07) is 14.1. The number of ether oxygens (including phenoxy) is 2. The Hall–Kier alpha value is -4.45. The molecule has 0 unspecified atom stereocenters. The maximum atomic E-state index is 12.8. The quantitative estimate of drug-likeness (QED) is 0.473. The predicted octanol–water partition coefficient (Wildman–Crippen LogP) is 2.50. The van der Waals surface area contributed by atoms with E-state index in [4.69, 9.17) is 9.47 Å². The van der Waals surface area contributed by atoms with Gasteiger partial charge < -0.3 is 9.47 Å². The second kappa shape index (κ2) is 9.57. The smallest absolute Gasteiger partial charge is 0.292 e. The van der Waals surface area contributed by atoms with E-state index in [2.05, 4.69) is 15.6 Å². The third-order valence-corrected chi connectivity index (χ3v) is 4.72. The van der Waals surface area contributed by atoms with Crippen LogP contribution in [0.2, 0.25) is 0 Å². The number of aromatic nitrogens is 2. The number of amides is 1. The van der Waals surface area contributed by atoms with Crippen LogP contribution >= 0.6 is 0 Å². The summed E-state index contributed by atoms with van der Waals surface area (Å²) in [4.78, 5) is 25.5. The number of benzene rings is 2. The van der Waals surface area contributed by atoms with Gasteiger partial charge in [0.1, 0.15) is 23.1 Å². The first-order valence-electron chi connectivity index (χ1n) is 9.56. The minimum atomic E-state index is -0.668. The van der Waals surface area contributed by atoms with Crippen molar-refractivity contribution in [2.45, 2.75) is 13.8 Å². The summed E-state index contributed by atoms with van der Waals surface area (Å²) in [5.41, 5.74) is 3.64. The second-order valence-corrected chi connectivity index (χ2v) is 6.82. The highest BCUT2D eigenvalue weighted by Gasteiger charge is 2.20. The van der Waals surface area contributed by atoms with Crippen LogP contribution < -0.4 is 20.5 Å². The first kappa shape index (κ1) is 22.2. The summed E-state index contributed by atoms with van der Waals surface area (Å²) >= 11 is 0. The lowest BCUT2D eigenvalue weighted by Crippen LogP contribution is -2.31. The molecular formula is C23H21N5O4. The first-order valence-corrected chi connectivity index (χ1v) is 9.56. The third kappa shape index (κ3) is 4.49. The van der Waals surface area contributed by atoms with Gasteiger partial charge in [-0.1, -0.05) is 12.1 Å². The SMILES string of the molecule is COc1ccc(OC)c(/C=N/NC(=O)c2nn(-c3cccc(C)c3)c(=O)c(C#N)c2C)c1. The van der Waals surface area contributed by atoms with Crippen LogP contribution in [0, 0.1) is 25.2 Å². The lowest BCUT2D eigenvalue weighted by molar-refractivity contribution is 0.0947. The zero-order valence-corrected chi connectivity index (χ0v) is 18.0. The highest BCUT2D eigenvalue weighted by molar-refractivity contribution is 5.95. The van der Waals surface area contributed by atoms with Crippen molar-refractivity contribution in [3.63, 3.8) is 0 Å². The Balaban J connectivity index is 1.97. The molecule has 0 bridgehead atoms. The number of nitrogens with zero attached hydrogens (tertiary/aromatic N) is 4. The Morgan fingerprint density at radius 2 is 1.97 bits per heavy atom. The Labute approximate surface area is 184 Å². The Bertz CT molecular complexity index is 1300. The molecule has 0 atom stereocenters. The molecule has 32 heavy (non-hydrogen) atoms. The predicted molar refractivity (Wildman–Crippen MR) is 119 cm³/mol. The van der Waals surface area contributed by atoms with Crippen LogP contribution in [-0.4, -0.2) is 36.1 Å². The molecule has 0 saturated carbocycles. The molecule has 0 aliphatic rings. The Morgan fingerprint density at radius 1 is 1.19 bits per heavy atom. The first-order chi connectivity index (χ1) is 15.4. The molecule has 3 rings (SSSR count). The number of hydrogen-bond donors (Lipinski definition) is 1. The number of methoxy groups -OCH3 is 2. The van der Waals surface area contributed by atoms with Gasteiger partial charge in [0, 0.05) is 11.1 Å². The largest absolute Gasteiger partial charge is 0.497 e. The summed E-state index contributed by atoms with van der Waals surface area (Å²) in [6.07, 6.45) is 1.40. The second-order valence-electron chi connectivity index (χ2n) is 6.82. The van der Waals surface area contributed by atoms with Gasteiger partial charge in [-0.15, -0.1) is 0 Å². The molecule has 9 heteroatoms. The number of nitriles is 1. The lowest BCUT2D eigenvalue weighted by Gasteiger charge is -2.11. The average molecular weight is 431 g/mol. The normalized spacial score (nSPS) is 10.6. The summed E-state index contributed by atoms with van der Waals surface area (Å²) in [5, 5.41) is 17.7. The molecule has 1 amide bonds. The van der Waals surface area contributed by atoms with Crippen LogP contribution in [-0.2, 0) is 0 Å². The van der Waals surface area contributed by atoms with E-state index in [9.17, 15) is 14.9 Å². The van der Waals surface area contributed by atoms with E-state index in [1.165, 1.54) is 27.4 Å². The van der Waals surface area contributed by atoms with Crippen LogP contribution in [0.15, 0.2) is 52.4 Å². The van der Waals surface area contributed by atoms with E-state index in [0.717, 1.165) is 10.2 Å². The monoisotopic (exact) mass is 431 g/mol. The average Bonchev–Trinajstić information content (AvgIpc) is 2.79. The van der Waals surface area contributed by atoms with Gasteiger partial charge >= 0.3 is 0 Å². The number of carbonyl (C=O) groups is 1. The van der Waals surface area contributed by atoms with Crippen molar-refractivity contribution < 1.29 is 14.3 Å². The van der Waals surface area contributed by atoms with Crippen molar-refractivity contribution in [1.29, 1.82) is 5.26 Å². The molecule has 162 valence electrons. The molecule has 1 heterocycles. The summed E-state index contributed by atoms with van der Waals surface area (Å²) in [6.45, 7) is 3.36. The van der Waals surface area contributed by atoms with Gasteiger partial charge in [0.15, 0.2) is 5.69 Å². The fourth-order valence-electron chi connectivity index (χ4n) is 3.04. The van der Waals surface area contributed by atoms with Crippen molar-refractivity contribution in [1.82, 2.24) is 15.2 Å². The van der Waals surface area contributed by atoms with Crippen molar-refractivity contribution in [3.8, 4) is 23.3 Å². The molecule has 0 aliphatic carbocycles. The van der Waals surface area contributed by atoms with Gasteiger partial charge in [-0.05, 0) is 49.7 Å². The highest BCUT2D eigenvalue weighted by Crippen LogP contribution is 2.22. The van der Waals surface area contributed by atoms with E-state index in [-0.39, 0.29) is 16.8 Å². The lowest BCUT2D eigenvalue weighted by atomic mass is 10.1. The van der Waals surface area contributed by atoms with Gasteiger partial charge in [0.25, 0.3) is 11.5 Å². The number of hydrogen-bond acceptors (Lipinski definition) is 7. The van der Waals surface area contributed by atoms with Crippen molar-refractivity contribution in [3.05, 3.63) is 80.8 Å². The zero-order chi connectivity index (χ0) is 23.3. The number of carbonyl (C=O) groups excluding carboxylic acids is 1. The van der Waals surface area contributed by atoms with E-state index >= 15 is 0 Å². The van der Waals surface area contributed by atoms with Crippen molar-refractivity contribution >= 4 is 12.1 Å². The van der Waals surface area contributed by atoms with Crippen LogP contribution in [0.3, 0.4) is 0 Å². The van der Waals surface area contributed by atoms with Gasteiger partial charge in [0.2, 0.25) is 0 Å². The maximum absolute atomic E-state index is 12.8. The van der Waals surface area contributed by atoms with Gasteiger partial charge in [-0.2, -0.15) is 20.1 Å². The topological polar surface area (TPSA) is 119 Å². The maximum Gasteiger partial charge on any atom is 0.292 e. The molecule has 1 N–H and O–H groups in total. The van der Waals surface area contributed by atoms with E-state index in [0.29, 0.717) is 22.7 Å². The number of aryl methyl sites for hydroxylation is 1. The molecule has 1 aromatic heterocycles. The molecule has 0 aliphatic heterocycles. The van der Waals surface area contributed by atoms with Crippen LogP contribution in [0.1, 0.15) is 32.7 Å². The van der Waals surface area contributed by atoms with Crippen LogP contribution in [0.25, 0.3) is 5.69 Å². The molecule has 9 nitrogen and oxygen atoms in total. The third-order valence-electron chi connectivity index (χ3n) is 4.72. The standard InChI is InChI=1S/C23H21N5O4/c1-14-6-5-7-17(10-14)28-23(30)19(12-24)15(2)21(27-28)22(29)26-25-13-16-11-18(31-3)8-9-20(16)32-4/h5-11,13H,1-4H3,(H,26,29)/b25-13+. The Kier molecular flexibility index (Phi) is 6.65. The molecule has 0 radical (unpaired) electrons. The summed E-state index contributed by atoms with van der Waals surface area (Å²) < 4.78 is 11.5. The molecule has 3 aromatic rings. The van der Waals surface area contributed by atoms with Crippen LogP contribution in [0.5, 0.6) is 11.5 Å². The Morgan fingerprint density at radius 3 is 2.62 bits per heavy atom. The molecule has 0 saturated heterocycles. The fraction of sp³-hybridized carbons (Fsp3) is 0.174. The van der Waals surface area contributed by atoms with Gasteiger partial charge in [0.05, 0.1) is 26.1 Å². The number of nitrogens with one attached hydrogen (secondary N) is 1. The molecule has 0 spiro atoms. The van der Waals surface area contributed by atoms with E-state index in [1.807, 2.05) is 19.1 Å². The fourth-order valence-corrected chi connectivity index (χ4v) is 3.04. The van der Waals surface area contributed by atoms with Crippen molar-refractivity contribution in [2.24, 2.45) is 5.10 Å². The minimum absolute atomic E-state index is 0.0857. The van der Waals surface area contributed by atoms with Gasteiger partial charge in [-0.25, -0.2) is 5.43 Å². The highest BCUT2D eigenvalue weighted by atomic mass is 16.5. The van der Waals surface area contributed by atoms with Crippen molar-refractivity contribution in [2.75, 3.05) is 14.2 Å².